The minimum absolute atomic E-state index is 0.139. The number of hydrogen-bond donors (Lipinski definition) is 0. The molecular weight excluding hydrogens is 252 g/mol. The standard InChI is InChI=1S/C17H14OS/c1-2-12-7-9-13(10-8-12)11-16-17(18)14-5-3-4-6-15(14)19-16/h3-11H,2H2,1H3/b16-11+. The van der Waals surface area contributed by atoms with E-state index in [0.717, 1.165) is 27.3 Å². The Balaban J connectivity index is 1.92. The summed E-state index contributed by atoms with van der Waals surface area (Å²) in [4.78, 5) is 14.1. The van der Waals surface area contributed by atoms with E-state index in [4.69, 9.17) is 0 Å². The summed E-state index contributed by atoms with van der Waals surface area (Å²) in [6.45, 7) is 2.14. The molecular formula is C17H14OS. The Labute approximate surface area is 117 Å². The number of carbonyl (C=O) groups excluding carboxylic acids is 1. The molecule has 0 unspecified atom stereocenters. The predicted molar refractivity (Wildman–Crippen MR) is 80.4 cm³/mol. The van der Waals surface area contributed by atoms with Crippen LogP contribution in [0.2, 0.25) is 0 Å². The minimum Gasteiger partial charge on any atom is -0.288 e. The lowest BCUT2D eigenvalue weighted by Crippen LogP contribution is -1.93. The lowest BCUT2D eigenvalue weighted by molar-refractivity contribution is 0.104. The van der Waals surface area contributed by atoms with Crippen molar-refractivity contribution in [3.8, 4) is 0 Å². The van der Waals surface area contributed by atoms with Crippen molar-refractivity contribution in [1.82, 2.24) is 0 Å². The number of ketones is 1. The van der Waals surface area contributed by atoms with Gasteiger partial charge in [0.2, 0.25) is 5.78 Å². The van der Waals surface area contributed by atoms with Crippen molar-refractivity contribution in [2.75, 3.05) is 0 Å². The predicted octanol–water partition coefficient (Wildman–Crippen LogP) is 4.58. The van der Waals surface area contributed by atoms with Crippen molar-refractivity contribution in [3.05, 3.63) is 70.1 Å². The Morgan fingerprint density at radius 3 is 2.47 bits per heavy atom. The number of benzene rings is 2. The van der Waals surface area contributed by atoms with Gasteiger partial charge in [-0.15, -0.1) is 0 Å². The fourth-order valence-corrected chi connectivity index (χ4v) is 3.19. The Morgan fingerprint density at radius 1 is 1.05 bits per heavy atom. The van der Waals surface area contributed by atoms with Crippen molar-refractivity contribution < 1.29 is 4.79 Å². The maximum atomic E-state index is 12.2. The van der Waals surface area contributed by atoms with E-state index in [1.807, 2.05) is 30.3 Å². The van der Waals surface area contributed by atoms with Crippen LogP contribution in [0.1, 0.15) is 28.4 Å². The van der Waals surface area contributed by atoms with Crippen molar-refractivity contribution in [1.29, 1.82) is 0 Å². The summed E-state index contributed by atoms with van der Waals surface area (Å²) in [6, 6.07) is 16.2. The quantitative estimate of drug-likeness (QED) is 0.740. The topological polar surface area (TPSA) is 17.1 Å². The van der Waals surface area contributed by atoms with Gasteiger partial charge in [-0.2, -0.15) is 0 Å². The van der Waals surface area contributed by atoms with Crippen LogP contribution in [-0.2, 0) is 6.42 Å². The fourth-order valence-electron chi connectivity index (χ4n) is 2.14. The van der Waals surface area contributed by atoms with Gasteiger partial charge in [0.1, 0.15) is 0 Å². The number of fused-ring (bicyclic) bond motifs is 1. The van der Waals surface area contributed by atoms with Crippen LogP contribution in [0.5, 0.6) is 0 Å². The largest absolute Gasteiger partial charge is 0.288 e. The van der Waals surface area contributed by atoms with Gasteiger partial charge in [0.15, 0.2) is 0 Å². The second-order valence-electron chi connectivity index (χ2n) is 4.53. The molecule has 0 spiro atoms. The molecule has 1 heterocycles. The number of aryl methyl sites for hydroxylation is 1. The van der Waals surface area contributed by atoms with Crippen LogP contribution >= 0.6 is 11.8 Å². The molecule has 0 saturated heterocycles. The van der Waals surface area contributed by atoms with Gasteiger partial charge in [0, 0.05) is 10.5 Å². The zero-order valence-electron chi connectivity index (χ0n) is 10.7. The highest BCUT2D eigenvalue weighted by Crippen LogP contribution is 2.40. The van der Waals surface area contributed by atoms with E-state index >= 15 is 0 Å². The Morgan fingerprint density at radius 2 is 1.79 bits per heavy atom. The molecule has 0 aromatic heterocycles. The third-order valence-electron chi connectivity index (χ3n) is 3.26. The first kappa shape index (κ1) is 12.2. The fraction of sp³-hybridized carbons (Fsp3) is 0.118. The van der Waals surface area contributed by atoms with Gasteiger partial charge in [-0.1, -0.05) is 55.1 Å². The summed E-state index contributed by atoms with van der Waals surface area (Å²) in [5, 5.41) is 0. The molecule has 1 aliphatic heterocycles. The lowest BCUT2D eigenvalue weighted by atomic mass is 10.1. The normalized spacial score (nSPS) is 15.8. The van der Waals surface area contributed by atoms with E-state index in [0.29, 0.717) is 0 Å². The van der Waals surface area contributed by atoms with Crippen LogP contribution in [0.15, 0.2) is 58.3 Å². The van der Waals surface area contributed by atoms with Gasteiger partial charge >= 0.3 is 0 Å². The third kappa shape index (κ3) is 2.36. The van der Waals surface area contributed by atoms with Crippen LogP contribution in [0, 0.1) is 0 Å². The SMILES string of the molecule is CCc1ccc(/C=C2/Sc3ccccc3C2=O)cc1. The Kier molecular flexibility index (Phi) is 3.26. The van der Waals surface area contributed by atoms with Crippen molar-refractivity contribution in [2.45, 2.75) is 18.2 Å². The molecule has 3 rings (SSSR count). The van der Waals surface area contributed by atoms with E-state index in [1.165, 1.54) is 5.56 Å². The highest BCUT2D eigenvalue weighted by molar-refractivity contribution is 8.04. The molecule has 0 bridgehead atoms. The van der Waals surface area contributed by atoms with Crippen LogP contribution in [0.3, 0.4) is 0 Å². The second kappa shape index (κ2) is 5.06. The second-order valence-corrected chi connectivity index (χ2v) is 5.61. The molecule has 19 heavy (non-hydrogen) atoms. The molecule has 0 atom stereocenters. The monoisotopic (exact) mass is 266 g/mol. The molecule has 0 fully saturated rings. The van der Waals surface area contributed by atoms with Gasteiger partial charge in [0.25, 0.3) is 0 Å². The first-order valence-corrected chi connectivity index (χ1v) is 7.22. The molecule has 0 saturated carbocycles. The summed E-state index contributed by atoms with van der Waals surface area (Å²) in [7, 11) is 0. The molecule has 0 N–H and O–H groups in total. The summed E-state index contributed by atoms with van der Waals surface area (Å²) >= 11 is 1.56. The van der Waals surface area contributed by atoms with E-state index in [2.05, 4.69) is 31.2 Å². The molecule has 2 aromatic rings. The van der Waals surface area contributed by atoms with Crippen LogP contribution in [0.4, 0.5) is 0 Å². The Bertz CT molecular complexity index is 653. The minimum atomic E-state index is 0.139. The average molecular weight is 266 g/mol. The molecule has 2 aromatic carbocycles. The number of rotatable bonds is 2. The van der Waals surface area contributed by atoms with E-state index in [1.54, 1.807) is 11.8 Å². The Hall–Kier alpha value is -1.80. The van der Waals surface area contributed by atoms with Crippen LogP contribution in [0.25, 0.3) is 6.08 Å². The summed E-state index contributed by atoms with van der Waals surface area (Å²) in [5.41, 5.74) is 3.22. The number of Topliss-reactive ketones (excluding diaryl/α,β-unsaturated/α-hetero) is 1. The van der Waals surface area contributed by atoms with E-state index in [-0.39, 0.29) is 5.78 Å². The maximum absolute atomic E-state index is 12.2. The number of carbonyl (C=O) groups is 1. The van der Waals surface area contributed by atoms with Gasteiger partial charge in [0.05, 0.1) is 4.91 Å². The molecule has 1 nitrogen and oxygen atoms in total. The zero-order chi connectivity index (χ0) is 13.2. The summed E-state index contributed by atoms with van der Waals surface area (Å²) < 4.78 is 0. The van der Waals surface area contributed by atoms with Gasteiger partial charge < -0.3 is 0 Å². The first-order valence-electron chi connectivity index (χ1n) is 6.40. The zero-order valence-corrected chi connectivity index (χ0v) is 11.5. The number of allylic oxidation sites excluding steroid dienone is 1. The maximum Gasteiger partial charge on any atom is 0.200 e. The molecule has 2 heteroatoms. The summed E-state index contributed by atoms with van der Waals surface area (Å²) in [5.74, 6) is 0.139. The van der Waals surface area contributed by atoms with E-state index in [9.17, 15) is 4.79 Å². The third-order valence-corrected chi connectivity index (χ3v) is 4.36. The number of hydrogen-bond acceptors (Lipinski definition) is 2. The molecule has 94 valence electrons. The van der Waals surface area contributed by atoms with Gasteiger partial charge in [-0.3, -0.25) is 4.79 Å². The number of thioether (sulfide) groups is 1. The lowest BCUT2D eigenvalue weighted by Gasteiger charge is -1.99. The molecule has 0 radical (unpaired) electrons. The highest BCUT2D eigenvalue weighted by atomic mass is 32.2. The van der Waals surface area contributed by atoms with E-state index < -0.39 is 0 Å². The molecule has 1 aliphatic rings. The van der Waals surface area contributed by atoms with Gasteiger partial charge in [-0.25, -0.2) is 0 Å². The van der Waals surface area contributed by atoms with Gasteiger partial charge in [-0.05, 0) is 35.8 Å². The first-order chi connectivity index (χ1) is 9.28. The van der Waals surface area contributed by atoms with Crippen LogP contribution in [-0.4, -0.2) is 5.78 Å². The molecule has 0 amide bonds. The van der Waals surface area contributed by atoms with Crippen molar-refractivity contribution >= 4 is 23.6 Å². The summed E-state index contributed by atoms with van der Waals surface area (Å²) in [6.07, 6.45) is 3.02. The molecule has 0 aliphatic carbocycles. The smallest absolute Gasteiger partial charge is 0.200 e. The highest BCUT2D eigenvalue weighted by Gasteiger charge is 2.24. The van der Waals surface area contributed by atoms with Crippen molar-refractivity contribution in [2.24, 2.45) is 0 Å². The van der Waals surface area contributed by atoms with Crippen LogP contribution < -0.4 is 0 Å². The average Bonchev–Trinajstić information content (AvgIpc) is 2.77. The van der Waals surface area contributed by atoms with Crippen molar-refractivity contribution in [3.63, 3.8) is 0 Å².